The number of rotatable bonds is 5. The molecule has 2 unspecified atom stereocenters. The Hall–Kier alpha value is -2.71. The van der Waals surface area contributed by atoms with Crippen LogP contribution in [0.5, 0.6) is 11.5 Å². The maximum Gasteiger partial charge on any atom is 0.263 e. The zero-order chi connectivity index (χ0) is 18.5. The highest BCUT2D eigenvalue weighted by Gasteiger charge is 2.31. The fourth-order valence-electron chi connectivity index (χ4n) is 2.90. The van der Waals surface area contributed by atoms with E-state index in [0.717, 1.165) is 6.42 Å². The third-order valence-electron chi connectivity index (χ3n) is 4.21. The van der Waals surface area contributed by atoms with Gasteiger partial charge < -0.3 is 14.4 Å². The molecule has 2 atom stereocenters. The van der Waals surface area contributed by atoms with E-state index >= 15 is 0 Å². The zero-order valence-corrected chi connectivity index (χ0v) is 15.1. The van der Waals surface area contributed by atoms with Crippen molar-refractivity contribution in [2.75, 3.05) is 13.1 Å². The van der Waals surface area contributed by atoms with E-state index in [1.807, 2.05) is 18.2 Å². The van der Waals surface area contributed by atoms with E-state index in [-0.39, 0.29) is 12.0 Å². The predicted octanol–water partition coefficient (Wildman–Crippen LogP) is 3.66. The molecule has 3 rings (SSSR count). The molecule has 5 nitrogen and oxygen atoms in total. The van der Waals surface area contributed by atoms with Gasteiger partial charge in [-0.05, 0) is 37.3 Å². The minimum absolute atomic E-state index is 0.0898. The van der Waals surface area contributed by atoms with Gasteiger partial charge in [-0.25, -0.2) is 0 Å². The third kappa shape index (κ3) is 4.27. The molecule has 1 aliphatic rings. The molecular weight excluding hydrogens is 352 g/mol. The number of para-hydroxylation sites is 1. The van der Waals surface area contributed by atoms with E-state index < -0.39 is 6.10 Å². The van der Waals surface area contributed by atoms with Gasteiger partial charge in [-0.2, -0.15) is 5.26 Å². The normalized spacial score (nSPS) is 17.4. The number of ether oxygens (including phenoxy) is 2. The Morgan fingerprint density at radius 1 is 1.31 bits per heavy atom. The summed E-state index contributed by atoms with van der Waals surface area (Å²) >= 11 is 6.12. The quantitative estimate of drug-likeness (QED) is 0.805. The van der Waals surface area contributed by atoms with Crippen LogP contribution in [0.2, 0.25) is 5.02 Å². The van der Waals surface area contributed by atoms with Crippen molar-refractivity contribution in [1.82, 2.24) is 4.90 Å². The highest BCUT2D eigenvalue weighted by Crippen LogP contribution is 2.27. The fraction of sp³-hybridized carbons (Fsp3) is 0.300. The lowest BCUT2D eigenvalue weighted by Gasteiger charge is -2.22. The molecule has 0 bridgehead atoms. The standard InChI is InChI=1S/C20H19ClN2O3/c1-14(25-16-6-4-5-15(11-16)12-22)20(24)23-10-9-17(13-23)26-19-8-3-2-7-18(19)21/h2-8,11,14,17H,9-10,13H2,1H3. The van der Waals surface area contributed by atoms with E-state index in [0.29, 0.717) is 35.2 Å². The van der Waals surface area contributed by atoms with Crippen molar-refractivity contribution in [2.24, 2.45) is 0 Å². The maximum atomic E-state index is 12.6. The molecule has 0 spiro atoms. The van der Waals surface area contributed by atoms with E-state index in [9.17, 15) is 4.79 Å². The summed E-state index contributed by atoms with van der Waals surface area (Å²) in [6, 6.07) is 16.1. The summed E-state index contributed by atoms with van der Waals surface area (Å²) in [5.41, 5.74) is 0.497. The predicted molar refractivity (Wildman–Crippen MR) is 98.3 cm³/mol. The number of likely N-dealkylation sites (tertiary alicyclic amines) is 1. The van der Waals surface area contributed by atoms with Gasteiger partial charge in [0, 0.05) is 13.0 Å². The third-order valence-corrected chi connectivity index (χ3v) is 4.52. The SMILES string of the molecule is CC(Oc1cccc(C#N)c1)C(=O)N1CCC(Oc2ccccc2Cl)C1. The number of hydrogen-bond acceptors (Lipinski definition) is 4. The summed E-state index contributed by atoms with van der Waals surface area (Å²) in [4.78, 5) is 14.4. The summed E-state index contributed by atoms with van der Waals surface area (Å²) in [7, 11) is 0. The largest absolute Gasteiger partial charge is 0.487 e. The molecule has 0 aromatic heterocycles. The molecule has 2 aromatic carbocycles. The van der Waals surface area contributed by atoms with E-state index in [1.54, 1.807) is 42.2 Å². The molecule has 1 aliphatic heterocycles. The van der Waals surface area contributed by atoms with Gasteiger partial charge in [0.05, 0.1) is 23.2 Å². The van der Waals surface area contributed by atoms with E-state index in [1.165, 1.54) is 0 Å². The Bertz CT molecular complexity index is 834. The minimum Gasteiger partial charge on any atom is -0.487 e. The van der Waals surface area contributed by atoms with E-state index in [4.69, 9.17) is 26.3 Å². The molecule has 6 heteroatoms. The first-order valence-corrected chi connectivity index (χ1v) is 8.81. The number of nitrogens with zero attached hydrogens (tertiary/aromatic N) is 2. The lowest BCUT2D eigenvalue weighted by molar-refractivity contribution is -0.137. The second kappa shape index (κ2) is 8.11. The van der Waals surface area contributed by atoms with Crippen molar-refractivity contribution in [3.05, 3.63) is 59.1 Å². The second-order valence-electron chi connectivity index (χ2n) is 6.14. The van der Waals surface area contributed by atoms with Gasteiger partial charge in [0.2, 0.25) is 0 Å². The van der Waals surface area contributed by atoms with Crippen LogP contribution in [0, 0.1) is 11.3 Å². The number of hydrogen-bond donors (Lipinski definition) is 0. The zero-order valence-electron chi connectivity index (χ0n) is 14.4. The van der Waals surface area contributed by atoms with Crippen molar-refractivity contribution in [1.29, 1.82) is 5.26 Å². The van der Waals surface area contributed by atoms with Gasteiger partial charge in [-0.15, -0.1) is 0 Å². The van der Waals surface area contributed by atoms with Crippen LogP contribution in [-0.2, 0) is 4.79 Å². The van der Waals surface area contributed by atoms with Crippen LogP contribution in [-0.4, -0.2) is 36.1 Å². The molecule has 0 saturated carbocycles. The van der Waals surface area contributed by atoms with Gasteiger partial charge in [-0.1, -0.05) is 29.8 Å². The lowest BCUT2D eigenvalue weighted by Crippen LogP contribution is -2.40. The first-order valence-electron chi connectivity index (χ1n) is 8.43. The lowest BCUT2D eigenvalue weighted by atomic mass is 10.2. The summed E-state index contributed by atoms with van der Waals surface area (Å²) in [6.07, 6.45) is 0.0177. The molecular formula is C20H19ClN2O3. The highest BCUT2D eigenvalue weighted by molar-refractivity contribution is 6.32. The Kier molecular flexibility index (Phi) is 5.65. The van der Waals surface area contributed by atoms with Crippen LogP contribution < -0.4 is 9.47 Å². The maximum absolute atomic E-state index is 12.6. The topological polar surface area (TPSA) is 62.6 Å². The van der Waals surface area contributed by atoms with Crippen LogP contribution in [0.15, 0.2) is 48.5 Å². The molecule has 0 N–H and O–H groups in total. The van der Waals surface area contributed by atoms with Gasteiger partial charge in [0.1, 0.15) is 17.6 Å². The monoisotopic (exact) mass is 370 g/mol. The van der Waals surface area contributed by atoms with Gasteiger partial charge in [-0.3, -0.25) is 4.79 Å². The highest BCUT2D eigenvalue weighted by atomic mass is 35.5. The van der Waals surface area contributed by atoms with E-state index in [2.05, 4.69) is 6.07 Å². The summed E-state index contributed by atoms with van der Waals surface area (Å²) in [5.74, 6) is 1.04. The van der Waals surface area contributed by atoms with Crippen LogP contribution >= 0.6 is 11.6 Å². The number of benzene rings is 2. The van der Waals surface area contributed by atoms with Crippen LogP contribution in [0.3, 0.4) is 0 Å². The van der Waals surface area contributed by atoms with Crippen LogP contribution in [0.4, 0.5) is 0 Å². The fourth-order valence-corrected chi connectivity index (χ4v) is 3.08. The molecule has 1 amide bonds. The first kappa shape index (κ1) is 18.1. The van der Waals surface area contributed by atoms with Gasteiger partial charge in [0.15, 0.2) is 6.10 Å². The van der Waals surface area contributed by atoms with Crippen molar-refractivity contribution in [2.45, 2.75) is 25.6 Å². The Morgan fingerprint density at radius 3 is 2.88 bits per heavy atom. The Labute approximate surface area is 157 Å². The molecule has 0 aliphatic carbocycles. The van der Waals surface area contributed by atoms with Crippen molar-refractivity contribution >= 4 is 17.5 Å². The van der Waals surface area contributed by atoms with Crippen molar-refractivity contribution in [3.8, 4) is 17.6 Å². The average molecular weight is 371 g/mol. The Balaban J connectivity index is 1.57. The van der Waals surface area contributed by atoms with Gasteiger partial charge >= 0.3 is 0 Å². The second-order valence-corrected chi connectivity index (χ2v) is 6.55. The van der Waals surface area contributed by atoms with Crippen molar-refractivity contribution < 1.29 is 14.3 Å². The molecule has 26 heavy (non-hydrogen) atoms. The number of carbonyl (C=O) groups is 1. The van der Waals surface area contributed by atoms with Crippen LogP contribution in [0.1, 0.15) is 18.9 Å². The minimum atomic E-state index is -0.636. The molecule has 1 saturated heterocycles. The summed E-state index contributed by atoms with van der Waals surface area (Å²) in [5, 5.41) is 9.51. The average Bonchev–Trinajstić information content (AvgIpc) is 3.11. The number of halogens is 1. The smallest absolute Gasteiger partial charge is 0.263 e. The number of nitriles is 1. The Morgan fingerprint density at radius 2 is 2.12 bits per heavy atom. The summed E-state index contributed by atoms with van der Waals surface area (Å²) in [6.45, 7) is 2.82. The first-order chi connectivity index (χ1) is 12.6. The number of amides is 1. The van der Waals surface area contributed by atoms with Gasteiger partial charge in [0.25, 0.3) is 5.91 Å². The molecule has 1 heterocycles. The number of carbonyl (C=O) groups excluding carboxylic acids is 1. The van der Waals surface area contributed by atoms with Crippen molar-refractivity contribution in [3.63, 3.8) is 0 Å². The summed E-state index contributed by atoms with van der Waals surface area (Å²) < 4.78 is 11.6. The molecule has 2 aromatic rings. The van der Waals surface area contributed by atoms with Crippen LogP contribution in [0.25, 0.3) is 0 Å². The molecule has 0 radical (unpaired) electrons. The molecule has 134 valence electrons. The molecule has 1 fully saturated rings.